The number of primary amides is 1. The highest BCUT2D eigenvalue weighted by Gasteiger charge is 2.30. The van der Waals surface area contributed by atoms with Crippen LogP contribution < -0.4 is 5.73 Å². The number of nitrogens with one attached hydrogen (secondary N) is 1. The maximum atomic E-state index is 13.0. The van der Waals surface area contributed by atoms with Gasteiger partial charge in [0.05, 0.1) is 17.1 Å². The summed E-state index contributed by atoms with van der Waals surface area (Å²) in [7, 11) is -3.25. The van der Waals surface area contributed by atoms with Crippen molar-refractivity contribution >= 4 is 44.5 Å². The van der Waals surface area contributed by atoms with Crippen LogP contribution >= 0.6 is 11.3 Å². The number of aromatic nitrogens is 1. The zero-order valence-electron chi connectivity index (χ0n) is 20.9. The molecule has 10 heteroatoms. The average Bonchev–Trinajstić information content (AvgIpc) is 3.64. The summed E-state index contributed by atoms with van der Waals surface area (Å²) in [6, 6.07) is 7.78. The average molecular weight is 543 g/mol. The zero-order valence-corrected chi connectivity index (χ0v) is 22.6. The Kier molecular flexibility index (Phi) is 7.80. The van der Waals surface area contributed by atoms with Crippen LogP contribution in [0.2, 0.25) is 0 Å². The lowest BCUT2D eigenvalue weighted by Crippen LogP contribution is -2.39. The molecular weight excluding hydrogens is 508 g/mol. The number of rotatable bonds is 10. The Balaban J connectivity index is 1.33. The van der Waals surface area contributed by atoms with Crippen molar-refractivity contribution in [3.63, 3.8) is 0 Å². The summed E-state index contributed by atoms with van der Waals surface area (Å²) < 4.78 is 27.6. The standard InChI is InChI=1S/C27H34N4O4S2/c28-26(33)16-21-14-20(25-5-4-22(18-32)36-25)15-23-24(17-29-27(21)23)19-6-11-31(12-7-19)37(34,35)13-3-10-30-8-1-2-9-30/h4-5,14-15,17-19,29H,1-3,6-13,16H2,(H2,28,33). The van der Waals surface area contributed by atoms with Crippen LogP contribution in [0.3, 0.4) is 0 Å². The monoisotopic (exact) mass is 542 g/mol. The van der Waals surface area contributed by atoms with E-state index in [0.29, 0.717) is 24.4 Å². The number of nitrogens with zero attached hydrogens (tertiary/aromatic N) is 2. The molecule has 0 radical (unpaired) electrons. The summed E-state index contributed by atoms with van der Waals surface area (Å²) in [5, 5.41) is 1.03. The predicted molar refractivity (Wildman–Crippen MR) is 148 cm³/mol. The highest BCUT2D eigenvalue weighted by molar-refractivity contribution is 7.89. The maximum Gasteiger partial charge on any atom is 0.221 e. The number of hydrogen-bond acceptors (Lipinski definition) is 6. The van der Waals surface area contributed by atoms with Crippen molar-refractivity contribution in [3.05, 3.63) is 46.5 Å². The molecule has 2 fully saturated rings. The Morgan fingerprint density at radius 1 is 1.14 bits per heavy atom. The van der Waals surface area contributed by atoms with Crippen LogP contribution in [0.15, 0.2) is 30.5 Å². The van der Waals surface area contributed by atoms with Crippen LogP contribution in [0.4, 0.5) is 0 Å². The number of carbonyl (C=O) groups is 2. The molecule has 0 aliphatic carbocycles. The molecule has 198 valence electrons. The third-order valence-corrected chi connectivity index (χ3v) is 10.7. The van der Waals surface area contributed by atoms with Crippen molar-refractivity contribution in [2.45, 2.75) is 44.4 Å². The van der Waals surface area contributed by atoms with Gasteiger partial charge in [-0.25, -0.2) is 12.7 Å². The number of piperidine rings is 1. The topological polar surface area (TPSA) is 117 Å². The number of H-pyrrole nitrogens is 1. The largest absolute Gasteiger partial charge is 0.369 e. The number of sulfonamides is 1. The lowest BCUT2D eigenvalue weighted by atomic mass is 9.89. The van der Waals surface area contributed by atoms with Crippen LogP contribution in [-0.2, 0) is 21.2 Å². The van der Waals surface area contributed by atoms with Gasteiger partial charge in [-0.3, -0.25) is 9.59 Å². The van der Waals surface area contributed by atoms with Crippen molar-refractivity contribution in [1.82, 2.24) is 14.2 Å². The molecular formula is C27H34N4O4S2. The first kappa shape index (κ1) is 26.1. The molecule has 0 atom stereocenters. The summed E-state index contributed by atoms with van der Waals surface area (Å²) in [6.07, 6.45) is 7.57. The van der Waals surface area contributed by atoms with E-state index in [9.17, 15) is 18.0 Å². The van der Waals surface area contributed by atoms with Gasteiger partial charge in [-0.15, -0.1) is 11.3 Å². The molecule has 2 aromatic heterocycles. The molecule has 5 rings (SSSR count). The number of thiophene rings is 1. The Hall–Kier alpha value is -2.53. The van der Waals surface area contributed by atoms with E-state index in [-0.39, 0.29) is 18.1 Å². The van der Waals surface area contributed by atoms with Gasteiger partial charge in [0, 0.05) is 35.1 Å². The first-order chi connectivity index (χ1) is 17.8. The number of amides is 1. The number of fused-ring (bicyclic) bond motifs is 1. The predicted octanol–water partition coefficient (Wildman–Crippen LogP) is 3.73. The lowest BCUT2D eigenvalue weighted by Gasteiger charge is -2.31. The van der Waals surface area contributed by atoms with Gasteiger partial charge in [0.1, 0.15) is 0 Å². The molecule has 1 aromatic carbocycles. The van der Waals surface area contributed by atoms with Gasteiger partial charge in [-0.2, -0.15) is 0 Å². The molecule has 3 aromatic rings. The van der Waals surface area contributed by atoms with E-state index in [1.54, 1.807) is 10.4 Å². The Labute approximate surface area is 221 Å². The first-order valence-electron chi connectivity index (χ1n) is 13.0. The first-order valence-corrected chi connectivity index (χ1v) is 15.4. The van der Waals surface area contributed by atoms with E-state index >= 15 is 0 Å². The van der Waals surface area contributed by atoms with E-state index < -0.39 is 15.9 Å². The van der Waals surface area contributed by atoms with Gasteiger partial charge in [0.15, 0.2) is 6.29 Å². The minimum Gasteiger partial charge on any atom is -0.369 e. The molecule has 8 nitrogen and oxygen atoms in total. The van der Waals surface area contributed by atoms with Crippen molar-refractivity contribution in [2.75, 3.05) is 38.5 Å². The number of benzene rings is 1. The molecule has 2 saturated heterocycles. The van der Waals surface area contributed by atoms with Crippen molar-refractivity contribution in [3.8, 4) is 10.4 Å². The summed E-state index contributed by atoms with van der Waals surface area (Å²) in [6.45, 7) is 4.07. The molecule has 0 spiro atoms. The summed E-state index contributed by atoms with van der Waals surface area (Å²) in [5.41, 5.74) is 9.34. The third kappa shape index (κ3) is 5.82. The Morgan fingerprint density at radius 2 is 1.89 bits per heavy atom. The maximum absolute atomic E-state index is 13.0. The minimum atomic E-state index is -3.25. The molecule has 2 aliphatic rings. The van der Waals surface area contributed by atoms with E-state index in [1.165, 1.54) is 24.2 Å². The second-order valence-corrected chi connectivity index (χ2v) is 13.4. The molecule has 0 bridgehead atoms. The number of likely N-dealkylation sites (tertiary alicyclic amines) is 1. The van der Waals surface area contributed by atoms with Crippen molar-refractivity contribution in [1.29, 1.82) is 0 Å². The molecule has 0 unspecified atom stereocenters. The summed E-state index contributed by atoms with van der Waals surface area (Å²) in [5.74, 6) is 0.0259. The highest BCUT2D eigenvalue weighted by Crippen LogP contribution is 2.38. The smallest absolute Gasteiger partial charge is 0.221 e. The second kappa shape index (κ2) is 11.1. The fourth-order valence-electron chi connectivity index (χ4n) is 5.76. The van der Waals surface area contributed by atoms with Crippen molar-refractivity contribution in [2.24, 2.45) is 5.73 Å². The van der Waals surface area contributed by atoms with Crippen LogP contribution in [0, 0.1) is 0 Å². The molecule has 2 aliphatic heterocycles. The molecule has 0 saturated carbocycles. The van der Waals surface area contributed by atoms with Gasteiger partial charge in [-0.1, -0.05) is 0 Å². The fourth-order valence-corrected chi connectivity index (χ4v) is 8.09. The third-order valence-electron chi connectivity index (χ3n) is 7.66. The van der Waals surface area contributed by atoms with Gasteiger partial charge in [-0.05, 0) is 98.6 Å². The molecule has 37 heavy (non-hydrogen) atoms. The second-order valence-electron chi connectivity index (χ2n) is 10.2. The molecule has 1 amide bonds. The Bertz CT molecular complexity index is 1380. The quantitative estimate of drug-likeness (QED) is 0.379. The van der Waals surface area contributed by atoms with Gasteiger partial charge < -0.3 is 15.6 Å². The van der Waals surface area contributed by atoms with Crippen molar-refractivity contribution < 1.29 is 18.0 Å². The fraction of sp³-hybridized carbons (Fsp3) is 0.481. The number of nitrogens with two attached hydrogens (primary N) is 1. The zero-order chi connectivity index (χ0) is 26.0. The Morgan fingerprint density at radius 3 is 2.57 bits per heavy atom. The van der Waals surface area contributed by atoms with E-state index in [4.69, 9.17) is 5.73 Å². The molecule has 3 N–H and O–H groups in total. The summed E-state index contributed by atoms with van der Waals surface area (Å²) in [4.78, 5) is 30.3. The van der Waals surface area contributed by atoms with Gasteiger partial charge >= 0.3 is 0 Å². The normalized spacial score (nSPS) is 18.1. The van der Waals surface area contributed by atoms with Gasteiger partial charge in [0.25, 0.3) is 0 Å². The SMILES string of the molecule is NC(=O)Cc1cc(-c2ccc(C=O)s2)cc2c(C3CCN(S(=O)(=O)CCCN4CCCC4)CC3)c[nH]c12. The number of aromatic amines is 1. The van der Waals surface area contributed by atoms with E-state index in [0.717, 1.165) is 71.2 Å². The number of hydrogen-bond donors (Lipinski definition) is 2. The van der Waals surface area contributed by atoms with Crippen LogP contribution in [0.5, 0.6) is 0 Å². The van der Waals surface area contributed by atoms with Crippen LogP contribution in [0.25, 0.3) is 21.3 Å². The van der Waals surface area contributed by atoms with Crippen LogP contribution in [0.1, 0.15) is 58.8 Å². The lowest BCUT2D eigenvalue weighted by molar-refractivity contribution is -0.117. The van der Waals surface area contributed by atoms with E-state index in [1.807, 2.05) is 18.3 Å². The van der Waals surface area contributed by atoms with Crippen LogP contribution in [-0.4, -0.2) is 73.3 Å². The highest BCUT2D eigenvalue weighted by atomic mass is 32.2. The number of carbonyl (C=O) groups excluding carboxylic acids is 2. The summed E-state index contributed by atoms with van der Waals surface area (Å²) >= 11 is 1.41. The van der Waals surface area contributed by atoms with E-state index in [2.05, 4.69) is 16.0 Å². The number of aldehydes is 1. The minimum absolute atomic E-state index is 0.115. The van der Waals surface area contributed by atoms with Gasteiger partial charge in [0.2, 0.25) is 15.9 Å². The molecule has 4 heterocycles.